The number of ketones is 1. The van der Waals surface area contributed by atoms with E-state index in [0.717, 1.165) is 6.42 Å². The van der Waals surface area contributed by atoms with E-state index in [0.29, 0.717) is 37.0 Å². The van der Waals surface area contributed by atoms with Crippen LogP contribution in [0.5, 0.6) is 0 Å². The van der Waals surface area contributed by atoms with Gasteiger partial charge in [-0.1, -0.05) is 0 Å². The van der Waals surface area contributed by atoms with Crippen LogP contribution in [0, 0.1) is 0 Å². The van der Waals surface area contributed by atoms with Gasteiger partial charge in [0.05, 0.1) is 0 Å². The molecule has 3 nitrogen and oxygen atoms in total. The van der Waals surface area contributed by atoms with Gasteiger partial charge in [0.25, 0.3) is 0 Å². The molecular formula is C9H16InO3. The molecule has 0 aromatic carbocycles. The van der Waals surface area contributed by atoms with Crippen LogP contribution in [0.2, 0.25) is 0 Å². The standard InChI is InChI=1S/C9H16O3.In.H/c1-4-5-8(10)6-9(11)7(2)12-3;;/h6-7,11H,4-5H2,1-3H3;;/q;+1;/p-1. The third-order valence-corrected chi connectivity index (χ3v) is 2.67. The van der Waals surface area contributed by atoms with Gasteiger partial charge in [-0.2, -0.15) is 0 Å². The fraction of sp³-hybridized carbons (Fsp3) is 0.667. The van der Waals surface area contributed by atoms with Gasteiger partial charge in [0.15, 0.2) is 0 Å². The summed E-state index contributed by atoms with van der Waals surface area (Å²) in [5.74, 6) is 0.773. The van der Waals surface area contributed by atoms with Crippen molar-refractivity contribution in [2.24, 2.45) is 0 Å². The fourth-order valence-corrected chi connectivity index (χ4v) is 1.78. The van der Waals surface area contributed by atoms with Crippen molar-refractivity contribution in [1.82, 2.24) is 0 Å². The van der Waals surface area contributed by atoms with E-state index < -0.39 is 0 Å². The van der Waals surface area contributed by atoms with Crippen molar-refractivity contribution in [1.29, 1.82) is 0 Å². The van der Waals surface area contributed by atoms with E-state index in [9.17, 15) is 4.79 Å². The molecule has 0 aromatic rings. The summed E-state index contributed by atoms with van der Waals surface area (Å²) in [4.78, 5) is 11.2. The van der Waals surface area contributed by atoms with Crippen LogP contribution in [0.1, 0.15) is 26.7 Å². The van der Waals surface area contributed by atoms with E-state index in [1.54, 1.807) is 13.2 Å². The monoisotopic (exact) mass is 287 g/mol. The van der Waals surface area contributed by atoms with Crippen LogP contribution in [0.25, 0.3) is 0 Å². The number of methoxy groups -OCH3 is 1. The molecule has 0 saturated heterocycles. The van der Waals surface area contributed by atoms with Crippen LogP contribution < -0.4 is 0 Å². The number of hydrogen-bond donors (Lipinski definition) is 0. The molecule has 1 atom stereocenters. The van der Waals surface area contributed by atoms with E-state index in [2.05, 4.69) is 0 Å². The van der Waals surface area contributed by atoms with Crippen molar-refractivity contribution >= 4 is 30.6 Å². The Bertz CT molecular complexity index is 189. The summed E-state index contributed by atoms with van der Waals surface area (Å²) >= 11 is 0.369. The first-order chi connectivity index (χ1) is 6.15. The Balaban J connectivity index is 4.28. The van der Waals surface area contributed by atoms with E-state index in [4.69, 9.17) is 7.59 Å². The van der Waals surface area contributed by atoms with Crippen molar-refractivity contribution in [2.45, 2.75) is 32.8 Å². The third-order valence-electron chi connectivity index (χ3n) is 1.72. The minimum atomic E-state index is -0.119. The van der Waals surface area contributed by atoms with Crippen LogP contribution in [0.15, 0.2) is 11.8 Å². The minimum absolute atomic E-state index is 0.114. The molecule has 0 amide bonds. The Kier molecular flexibility index (Phi) is 7.47. The summed E-state index contributed by atoms with van der Waals surface area (Å²) in [6.07, 6.45) is 2.88. The van der Waals surface area contributed by atoms with Crippen molar-refractivity contribution in [3.05, 3.63) is 11.8 Å². The summed E-state index contributed by atoms with van der Waals surface area (Å²) in [7, 11) is 1.60. The molecule has 73 valence electrons. The topological polar surface area (TPSA) is 35.5 Å². The van der Waals surface area contributed by atoms with Crippen molar-refractivity contribution in [3.63, 3.8) is 0 Å². The molecule has 0 saturated carbocycles. The number of allylic oxidation sites excluding steroid dienone is 1. The Morgan fingerprint density at radius 3 is 2.62 bits per heavy atom. The van der Waals surface area contributed by atoms with Crippen LogP contribution in [0.4, 0.5) is 0 Å². The maximum absolute atomic E-state index is 11.2. The van der Waals surface area contributed by atoms with Gasteiger partial charge in [-0.25, -0.2) is 0 Å². The van der Waals surface area contributed by atoms with Crippen molar-refractivity contribution < 1.29 is 12.4 Å². The molecule has 0 heterocycles. The maximum atomic E-state index is 11.2. The van der Waals surface area contributed by atoms with Crippen molar-refractivity contribution in [3.8, 4) is 0 Å². The second-order valence-corrected chi connectivity index (χ2v) is 3.61. The summed E-state index contributed by atoms with van der Waals surface area (Å²) in [6.45, 7) is 3.85. The first-order valence-electron chi connectivity index (χ1n) is 4.34. The third kappa shape index (κ3) is 5.37. The molecule has 0 aliphatic heterocycles. The molecule has 0 bridgehead atoms. The Hall–Kier alpha value is 0.0401. The molecule has 0 fully saturated rings. The molecule has 0 N–H and O–H groups in total. The summed E-state index contributed by atoms with van der Waals surface area (Å²) in [5, 5.41) is 0. The van der Waals surface area contributed by atoms with Gasteiger partial charge < -0.3 is 0 Å². The molecule has 4 heteroatoms. The first kappa shape index (κ1) is 13.0. The molecule has 1 unspecified atom stereocenters. The Labute approximate surface area is 94.7 Å². The molecule has 13 heavy (non-hydrogen) atoms. The van der Waals surface area contributed by atoms with E-state index in [-0.39, 0.29) is 11.9 Å². The Morgan fingerprint density at radius 2 is 2.23 bits per heavy atom. The average molecular weight is 287 g/mol. The SMILES string of the molecule is CCCC(=O)C=C([O][InH])C(C)OC. The van der Waals surface area contributed by atoms with Crippen LogP contribution in [-0.2, 0) is 12.4 Å². The van der Waals surface area contributed by atoms with Gasteiger partial charge in [0.2, 0.25) is 0 Å². The zero-order valence-corrected chi connectivity index (χ0v) is 12.5. The molecule has 0 aliphatic carbocycles. The normalized spacial score (nSPS) is 13.9. The van der Waals surface area contributed by atoms with Crippen LogP contribution in [-0.4, -0.2) is 43.8 Å². The predicted octanol–water partition coefficient (Wildman–Crippen LogP) is 1.11. The van der Waals surface area contributed by atoms with Crippen molar-refractivity contribution in [2.75, 3.05) is 7.11 Å². The number of hydrogen-bond acceptors (Lipinski definition) is 3. The first-order valence-corrected chi connectivity index (χ1v) is 5.99. The summed E-state index contributed by atoms with van der Waals surface area (Å²) in [5.41, 5.74) is 0. The second kappa shape index (κ2) is 7.44. The zero-order valence-electron chi connectivity index (χ0n) is 8.50. The van der Waals surface area contributed by atoms with Gasteiger partial charge >= 0.3 is 94.7 Å². The molecule has 0 spiro atoms. The van der Waals surface area contributed by atoms with E-state index >= 15 is 0 Å². The Morgan fingerprint density at radius 1 is 1.62 bits per heavy atom. The fourth-order valence-electron chi connectivity index (χ4n) is 0.870. The molecule has 0 aliphatic rings. The van der Waals surface area contributed by atoms with Crippen LogP contribution in [0.3, 0.4) is 0 Å². The van der Waals surface area contributed by atoms with Gasteiger partial charge in [-0.3, -0.25) is 0 Å². The number of carbonyl (C=O) groups is 1. The summed E-state index contributed by atoms with van der Waals surface area (Å²) < 4.78 is 10.3. The number of carbonyl (C=O) groups excluding carboxylic acids is 1. The average Bonchev–Trinajstić information content (AvgIpc) is 2.13. The van der Waals surface area contributed by atoms with Crippen LogP contribution >= 0.6 is 0 Å². The number of ether oxygens (including phenoxy) is 1. The molecule has 1 radical (unpaired) electrons. The summed E-state index contributed by atoms with van der Waals surface area (Å²) in [6, 6.07) is 0. The zero-order chi connectivity index (χ0) is 10.3. The van der Waals surface area contributed by atoms with Gasteiger partial charge in [0, 0.05) is 0 Å². The molecule has 0 aromatic heterocycles. The van der Waals surface area contributed by atoms with Gasteiger partial charge in [-0.15, -0.1) is 0 Å². The predicted molar refractivity (Wildman–Crippen MR) is 52.7 cm³/mol. The molecule has 0 rings (SSSR count). The van der Waals surface area contributed by atoms with Gasteiger partial charge in [0.1, 0.15) is 0 Å². The quantitative estimate of drug-likeness (QED) is 0.542. The number of rotatable bonds is 6. The second-order valence-electron chi connectivity index (χ2n) is 2.79. The molecular weight excluding hydrogens is 271 g/mol. The van der Waals surface area contributed by atoms with E-state index in [1.807, 2.05) is 13.8 Å². The van der Waals surface area contributed by atoms with Gasteiger partial charge in [-0.05, 0) is 0 Å². The van der Waals surface area contributed by atoms with E-state index in [1.165, 1.54) is 0 Å².